The lowest BCUT2D eigenvalue weighted by molar-refractivity contribution is 1.18. The van der Waals surface area contributed by atoms with Crippen LogP contribution < -0.4 is 10.4 Å². The van der Waals surface area contributed by atoms with E-state index in [9.17, 15) is 0 Å². The highest BCUT2D eigenvalue weighted by Gasteiger charge is 2.24. The molecule has 0 aliphatic rings. The van der Waals surface area contributed by atoms with Crippen LogP contribution in [0.25, 0.3) is 21.5 Å². The summed E-state index contributed by atoms with van der Waals surface area (Å²) in [5.41, 5.74) is 1.58. The summed E-state index contributed by atoms with van der Waals surface area (Å²) in [4.78, 5) is 0. The normalized spacial score (nSPS) is 13.0. The van der Waals surface area contributed by atoms with Crippen LogP contribution in [0.3, 0.4) is 0 Å². The van der Waals surface area contributed by atoms with Gasteiger partial charge in [-0.3, -0.25) is 0 Å². The van der Waals surface area contributed by atoms with E-state index in [1.165, 1.54) is 10.8 Å². The second kappa shape index (κ2) is 5.85. The Bertz CT molecular complexity index is 837. The molecule has 0 bridgehead atoms. The van der Waals surface area contributed by atoms with Gasteiger partial charge in [0.25, 0.3) is 0 Å². The Kier molecular flexibility index (Phi) is 4.25. The molecule has 0 atom stereocenters. The SMILES string of the molecule is CCc1c2c([Si](C)(C)C)cccc2cc2cccc([Si](C)(C)C)c12. The molecule has 0 aliphatic carbocycles. The van der Waals surface area contributed by atoms with Gasteiger partial charge < -0.3 is 0 Å². The topological polar surface area (TPSA) is 0 Å². The van der Waals surface area contributed by atoms with Crippen molar-refractivity contribution in [3.8, 4) is 0 Å². The second-order valence-electron chi connectivity index (χ2n) is 9.02. The van der Waals surface area contributed by atoms with E-state index in [1.54, 1.807) is 26.7 Å². The highest BCUT2D eigenvalue weighted by Crippen LogP contribution is 2.29. The number of benzene rings is 3. The van der Waals surface area contributed by atoms with Crippen molar-refractivity contribution in [3.63, 3.8) is 0 Å². The molecule has 0 saturated carbocycles. The zero-order valence-corrected chi connectivity index (χ0v) is 18.2. The third kappa shape index (κ3) is 2.86. The molecule has 0 N–H and O–H groups in total. The Morgan fingerprint density at radius 3 is 1.42 bits per heavy atom. The molecule has 2 heteroatoms. The average Bonchev–Trinajstić information content (AvgIpc) is 2.49. The summed E-state index contributed by atoms with van der Waals surface area (Å²) in [5, 5.41) is 9.18. The van der Waals surface area contributed by atoms with Gasteiger partial charge in [-0.25, -0.2) is 0 Å². The lowest BCUT2D eigenvalue weighted by atomic mass is 9.95. The van der Waals surface area contributed by atoms with Gasteiger partial charge in [-0.05, 0) is 39.6 Å². The maximum absolute atomic E-state index is 2.47. The molecule has 0 aromatic heterocycles. The molecule has 0 aliphatic heterocycles. The molecule has 3 rings (SSSR count). The van der Waals surface area contributed by atoms with Crippen molar-refractivity contribution in [2.75, 3.05) is 0 Å². The van der Waals surface area contributed by atoms with Crippen molar-refractivity contribution in [3.05, 3.63) is 48.0 Å². The highest BCUT2D eigenvalue weighted by molar-refractivity contribution is 6.91. The summed E-state index contributed by atoms with van der Waals surface area (Å²) in [6.45, 7) is 17.1. The lowest BCUT2D eigenvalue weighted by Crippen LogP contribution is -2.40. The van der Waals surface area contributed by atoms with Crippen LogP contribution in [0.4, 0.5) is 0 Å². The van der Waals surface area contributed by atoms with Gasteiger partial charge in [0.2, 0.25) is 0 Å². The van der Waals surface area contributed by atoms with Gasteiger partial charge in [0.05, 0.1) is 16.1 Å². The smallest absolute Gasteiger partial charge is 0.0656 e. The van der Waals surface area contributed by atoms with E-state index in [0.717, 1.165) is 6.42 Å². The number of hydrogen-bond donors (Lipinski definition) is 0. The van der Waals surface area contributed by atoms with E-state index >= 15 is 0 Å². The van der Waals surface area contributed by atoms with Gasteiger partial charge in [-0.15, -0.1) is 0 Å². The number of aryl methyl sites for hydroxylation is 1. The van der Waals surface area contributed by atoms with Crippen LogP contribution in [0.1, 0.15) is 12.5 Å². The van der Waals surface area contributed by atoms with Crippen molar-refractivity contribution >= 4 is 48.1 Å². The van der Waals surface area contributed by atoms with Crippen LogP contribution in [0.15, 0.2) is 42.5 Å². The van der Waals surface area contributed by atoms with Crippen LogP contribution in [0, 0.1) is 0 Å². The molecule has 0 saturated heterocycles. The number of hydrogen-bond acceptors (Lipinski definition) is 0. The summed E-state index contributed by atoms with van der Waals surface area (Å²) in [6.07, 6.45) is 1.11. The molecule has 0 heterocycles. The van der Waals surface area contributed by atoms with E-state index in [1.807, 2.05) is 0 Å². The van der Waals surface area contributed by atoms with E-state index in [2.05, 4.69) is 88.7 Å². The van der Waals surface area contributed by atoms with Crippen LogP contribution >= 0.6 is 0 Å². The summed E-state index contributed by atoms with van der Waals surface area (Å²) < 4.78 is 0. The summed E-state index contributed by atoms with van der Waals surface area (Å²) in [7, 11) is -2.77. The Hall–Kier alpha value is -1.39. The van der Waals surface area contributed by atoms with Gasteiger partial charge in [0, 0.05) is 0 Å². The Labute approximate surface area is 148 Å². The predicted molar refractivity (Wildman–Crippen MR) is 117 cm³/mol. The van der Waals surface area contributed by atoms with Gasteiger partial charge in [0.15, 0.2) is 0 Å². The van der Waals surface area contributed by atoms with Crippen LogP contribution in [-0.2, 0) is 6.42 Å². The molecule has 0 radical (unpaired) electrons. The molecule has 0 spiro atoms. The molecule has 24 heavy (non-hydrogen) atoms. The fourth-order valence-electron chi connectivity index (χ4n) is 3.95. The van der Waals surface area contributed by atoms with E-state index < -0.39 is 16.1 Å². The zero-order chi connectivity index (χ0) is 17.7. The zero-order valence-electron chi connectivity index (χ0n) is 16.2. The van der Waals surface area contributed by atoms with Crippen molar-refractivity contribution in [2.24, 2.45) is 0 Å². The first-order valence-electron chi connectivity index (χ1n) is 9.13. The quantitative estimate of drug-likeness (QED) is 0.423. The summed E-state index contributed by atoms with van der Waals surface area (Å²) >= 11 is 0. The molecule has 3 aromatic rings. The van der Waals surface area contributed by atoms with Gasteiger partial charge in [0.1, 0.15) is 0 Å². The number of rotatable bonds is 3. The maximum Gasteiger partial charge on any atom is 0.0784 e. The first-order valence-corrected chi connectivity index (χ1v) is 16.1. The van der Waals surface area contributed by atoms with Crippen molar-refractivity contribution in [1.82, 2.24) is 0 Å². The van der Waals surface area contributed by atoms with Crippen LogP contribution in [0.2, 0.25) is 39.3 Å². The highest BCUT2D eigenvalue weighted by atomic mass is 28.3. The molecular weight excluding hydrogens is 320 g/mol. The van der Waals surface area contributed by atoms with Crippen molar-refractivity contribution in [1.29, 1.82) is 0 Å². The van der Waals surface area contributed by atoms with E-state index in [-0.39, 0.29) is 0 Å². The summed E-state index contributed by atoms with van der Waals surface area (Å²) in [5.74, 6) is 0. The second-order valence-corrected chi connectivity index (χ2v) is 19.1. The molecular formula is C22H30Si2. The molecule has 0 nitrogen and oxygen atoms in total. The molecule has 3 aromatic carbocycles. The standard InChI is InChI=1S/C22H30Si2/c1-8-18-21-16(11-9-13-19(21)23(2,3)4)15-17-12-10-14-20(22(17)18)24(5,6)7/h9-15H,8H2,1-7H3. The van der Waals surface area contributed by atoms with Gasteiger partial charge >= 0.3 is 0 Å². The Balaban J connectivity index is 2.58. The minimum absolute atomic E-state index is 1.11. The summed E-state index contributed by atoms with van der Waals surface area (Å²) in [6, 6.07) is 16.3. The lowest BCUT2D eigenvalue weighted by Gasteiger charge is -2.25. The van der Waals surface area contributed by atoms with Crippen LogP contribution in [0.5, 0.6) is 0 Å². The van der Waals surface area contributed by atoms with E-state index in [0.29, 0.717) is 0 Å². The Morgan fingerprint density at radius 1 is 0.667 bits per heavy atom. The molecule has 0 amide bonds. The molecule has 0 unspecified atom stereocenters. The molecule has 126 valence electrons. The first kappa shape index (κ1) is 17.4. The molecule has 0 fully saturated rings. The fourth-order valence-corrected chi connectivity index (χ4v) is 7.23. The van der Waals surface area contributed by atoms with E-state index in [4.69, 9.17) is 0 Å². The maximum atomic E-state index is 2.47. The van der Waals surface area contributed by atoms with Crippen molar-refractivity contribution < 1.29 is 0 Å². The third-order valence-corrected chi connectivity index (χ3v) is 9.14. The van der Waals surface area contributed by atoms with Crippen LogP contribution in [-0.4, -0.2) is 16.1 Å². The predicted octanol–water partition coefficient (Wildman–Crippen LogP) is 5.65. The van der Waals surface area contributed by atoms with Gasteiger partial charge in [-0.2, -0.15) is 0 Å². The number of fused-ring (bicyclic) bond motifs is 2. The van der Waals surface area contributed by atoms with Crippen molar-refractivity contribution in [2.45, 2.75) is 52.6 Å². The third-order valence-electron chi connectivity index (χ3n) is 5.08. The monoisotopic (exact) mass is 350 g/mol. The Morgan fingerprint density at radius 2 is 1.08 bits per heavy atom. The fraction of sp³-hybridized carbons (Fsp3) is 0.364. The average molecular weight is 351 g/mol. The minimum atomic E-state index is -1.38. The van der Waals surface area contributed by atoms with Gasteiger partial charge in [-0.1, -0.05) is 93.0 Å². The minimum Gasteiger partial charge on any atom is -0.0656 e. The first-order chi connectivity index (χ1) is 11.1. The largest absolute Gasteiger partial charge is 0.0784 e.